The molecule has 0 fully saturated rings. The molecule has 1 aromatic carbocycles. The first kappa shape index (κ1) is 13.9. The first-order valence-corrected chi connectivity index (χ1v) is 6.23. The van der Waals surface area contributed by atoms with Gasteiger partial charge in [0, 0.05) is 11.8 Å². The number of carbonyl (C=O) groups is 1. The van der Waals surface area contributed by atoms with Crippen molar-refractivity contribution < 1.29 is 19.4 Å². The summed E-state index contributed by atoms with van der Waals surface area (Å²) in [5.74, 6) is -0.0671. The summed E-state index contributed by atoms with van der Waals surface area (Å²) in [6.45, 7) is 2.69. The second-order valence-corrected chi connectivity index (χ2v) is 4.01. The fourth-order valence-corrected chi connectivity index (χ4v) is 1.75. The number of para-hydroxylation sites is 1. The van der Waals surface area contributed by atoms with E-state index in [0.717, 1.165) is 11.3 Å². The Bertz CT molecular complexity index is 598. The van der Waals surface area contributed by atoms with Gasteiger partial charge in [-0.05, 0) is 19.1 Å². The van der Waals surface area contributed by atoms with Crippen molar-refractivity contribution in [2.45, 2.75) is 13.5 Å². The summed E-state index contributed by atoms with van der Waals surface area (Å²) < 4.78 is 11.0. The van der Waals surface area contributed by atoms with E-state index in [2.05, 4.69) is 4.98 Å². The van der Waals surface area contributed by atoms with E-state index >= 15 is 0 Å². The number of ether oxygens (including phenoxy) is 2. The maximum Gasteiger partial charge on any atom is 0.339 e. The van der Waals surface area contributed by atoms with Crippen LogP contribution < -0.4 is 9.47 Å². The number of carboxylic acid groups (broad SMARTS) is 1. The average Bonchev–Trinajstić information content (AvgIpc) is 2.47. The summed E-state index contributed by atoms with van der Waals surface area (Å²) in [6.07, 6.45) is 2.82. The molecule has 0 radical (unpaired) electrons. The van der Waals surface area contributed by atoms with Gasteiger partial charge in [-0.2, -0.15) is 0 Å². The molecule has 0 saturated heterocycles. The van der Waals surface area contributed by atoms with E-state index in [1.165, 1.54) is 18.5 Å². The average molecular weight is 273 g/mol. The number of nitrogens with zero attached hydrogens (tertiary/aromatic N) is 1. The van der Waals surface area contributed by atoms with Crippen LogP contribution in [-0.2, 0) is 6.61 Å². The molecule has 0 atom stereocenters. The van der Waals surface area contributed by atoms with E-state index in [1.807, 2.05) is 31.2 Å². The summed E-state index contributed by atoms with van der Waals surface area (Å²) in [4.78, 5) is 14.9. The van der Waals surface area contributed by atoms with Crippen molar-refractivity contribution in [1.29, 1.82) is 0 Å². The van der Waals surface area contributed by atoms with Crippen LogP contribution in [0.2, 0.25) is 0 Å². The molecule has 0 bridgehead atoms. The molecule has 20 heavy (non-hydrogen) atoms. The summed E-state index contributed by atoms with van der Waals surface area (Å²) in [5, 5.41) is 9.07. The molecule has 0 unspecified atom stereocenters. The molecule has 5 heteroatoms. The van der Waals surface area contributed by atoms with E-state index in [4.69, 9.17) is 14.6 Å². The quantitative estimate of drug-likeness (QED) is 0.876. The SMILES string of the molecule is CCOc1ccccc1COc1cnccc1C(=O)O. The molecule has 2 rings (SSSR count). The fourth-order valence-electron chi connectivity index (χ4n) is 1.75. The zero-order chi connectivity index (χ0) is 14.4. The predicted octanol–water partition coefficient (Wildman–Crippen LogP) is 2.76. The second-order valence-electron chi connectivity index (χ2n) is 4.01. The molecular weight excluding hydrogens is 258 g/mol. The fraction of sp³-hybridized carbons (Fsp3) is 0.200. The first-order chi connectivity index (χ1) is 9.72. The number of hydrogen-bond donors (Lipinski definition) is 1. The van der Waals surface area contributed by atoms with Crippen LogP contribution in [0.15, 0.2) is 42.7 Å². The molecule has 2 aromatic rings. The normalized spacial score (nSPS) is 10.1. The standard InChI is InChI=1S/C15H15NO4/c1-2-19-13-6-4-3-5-11(13)10-20-14-9-16-8-7-12(14)15(17)18/h3-9H,2,10H2,1H3,(H,17,18). The number of aromatic carboxylic acids is 1. The largest absolute Gasteiger partial charge is 0.493 e. The lowest BCUT2D eigenvalue weighted by Gasteiger charge is -2.12. The number of hydrogen-bond acceptors (Lipinski definition) is 4. The van der Waals surface area contributed by atoms with Crippen LogP contribution in [0.1, 0.15) is 22.8 Å². The highest BCUT2D eigenvalue weighted by Gasteiger charge is 2.11. The first-order valence-electron chi connectivity index (χ1n) is 6.23. The zero-order valence-corrected chi connectivity index (χ0v) is 11.1. The molecule has 5 nitrogen and oxygen atoms in total. The van der Waals surface area contributed by atoms with Crippen LogP contribution in [0.5, 0.6) is 11.5 Å². The van der Waals surface area contributed by atoms with Crippen molar-refractivity contribution in [2.75, 3.05) is 6.61 Å². The maximum absolute atomic E-state index is 11.1. The summed E-state index contributed by atoms with van der Waals surface area (Å²) >= 11 is 0. The second kappa shape index (κ2) is 6.56. The van der Waals surface area contributed by atoms with Gasteiger partial charge in [-0.3, -0.25) is 4.98 Å². The van der Waals surface area contributed by atoms with E-state index in [1.54, 1.807) is 0 Å². The van der Waals surface area contributed by atoms with Gasteiger partial charge in [-0.15, -0.1) is 0 Å². The molecule has 1 N–H and O–H groups in total. The van der Waals surface area contributed by atoms with Crippen molar-refractivity contribution in [1.82, 2.24) is 4.98 Å². The maximum atomic E-state index is 11.1. The molecule has 0 aliphatic carbocycles. The van der Waals surface area contributed by atoms with Crippen LogP contribution in [0.4, 0.5) is 0 Å². The van der Waals surface area contributed by atoms with E-state index in [-0.39, 0.29) is 17.9 Å². The number of rotatable bonds is 6. The number of pyridine rings is 1. The Labute approximate surface area is 116 Å². The monoisotopic (exact) mass is 273 g/mol. The lowest BCUT2D eigenvalue weighted by molar-refractivity contribution is 0.0691. The highest BCUT2D eigenvalue weighted by atomic mass is 16.5. The van der Waals surface area contributed by atoms with Gasteiger partial charge in [0.25, 0.3) is 0 Å². The Morgan fingerprint density at radius 1 is 1.20 bits per heavy atom. The van der Waals surface area contributed by atoms with Gasteiger partial charge < -0.3 is 14.6 Å². The van der Waals surface area contributed by atoms with Crippen LogP contribution in [0, 0.1) is 0 Å². The molecule has 0 aliphatic heterocycles. The lowest BCUT2D eigenvalue weighted by Crippen LogP contribution is -2.05. The van der Waals surface area contributed by atoms with Crippen LogP contribution in [0.3, 0.4) is 0 Å². The minimum atomic E-state index is -1.04. The minimum Gasteiger partial charge on any atom is -0.493 e. The Morgan fingerprint density at radius 2 is 2.00 bits per heavy atom. The third kappa shape index (κ3) is 3.26. The topological polar surface area (TPSA) is 68.7 Å². The smallest absolute Gasteiger partial charge is 0.339 e. The Morgan fingerprint density at radius 3 is 2.75 bits per heavy atom. The Hall–Kier alpha value is -2.56. The number of carboxylic acids is 1. The predicted molar refractivity (Wildman–Crippen MR) is 73.1 cm³/mol. The third-order valence-electron chi connectivity index (χ3n) is 2.67. The van der Waals surface area contributed by atoms with Crippen molar-refractivity contribution in [2.24, 2.45) is 0 Å². The highest BCUT2D eigenvalue weighted by Crippen LogP contribution is 2.22. The van der Waals surface area contributed by atoms with E-state index in [9.17, 15) is 4.79 Å². The lowest BCUT2D eigenvalue weighted by atomic mass is 10.2. The summed E-state index contributed by atoms with van der Waals surface area (Å²) in [7, 11) is 0. The summed E-state index contributed by atoms with van der Waals surface area (Å²) in [6, 6.07) is 8.89. The highest BCUT2D eigenvalue weighted by molar-refractivity contribution is 5.90. The van der Waals surface area contributed by atoms with E-state index in [0.29, 0.717) is 6.61 Å². The molecule has 0 amide bonds. The van der Waals surface area contributed by atoms with Gasteiger partial charge in [0.1, 0.15) is 17.9 Å². The molecule has 0 spiro atoms. The molecule has 0 aliphatic rings. The molecule has 1 aromatic heterocycles. The van der Waals surface area contributed by atoms with Gasteiger partial charge in [0.15, 0.2) is 5.75 Å². The van der Waals surface area contributed by atoms with Gasteiger partial charge in [0.2, 0.25) is 0 Å². The van der Waals surface area contributed by atoms with Crippen LogP contribution in [-0.4, -0.2) is 22.7 Å². The third-order valence-corrected chi connectivity index (χ3v) is 2.67. The van der Waals surface area contributed by atoms with Crippen molar-refractivity contribution in [3.8, 4) is 11.5 Å². The number of aromatic nitrogens is 1. The molecular formula is C15H15NO4. The summed E-state index contributed by atoms with van der Waals surface area (Å²) in [5.41, 5.74) is 0.948. The molecule has 104 valence electrons. The minimum absolute atomic E-state index is 0.0916. The Kier molecular flexibility index (Phi) is 4.55. The zero-order valence-electron chi connectivity index (χ0n) is 11.1. The molecule has 0 saturated carbocycles. The van der Waals surface area contributed by atoms with Gasteiger partial charge >= 0.3 is 5.97 Å². The van der Waals surface area contributed by atoms with E-state index < -0.39 is 5.97 Å². The van der Waals surface area contributed by atoms with Crippen molar-refractivity contribution in [3.05, 3.63) is 53.9 Å². The van der Waals surface area contributed by atoms with Gasteiger partial charge in [0.05, 0.1) is 12.8 Å². The van der Waals surface area contributed by atoms with Crippen LogP contribution >= 0.6 is 0 Å². The van der Waals surface area contributed by atoms with Gasteiger partial charge in [-0.25, -0.2) is 4.79 Å². The van der Waals surface area contributed by atoms with Gasteiger partial charge in [-0.1, -0.05) is 18.2 Å². The van der Waals surface area contributed by atoms with Crippen LogP contribution in [0.25, 0.3) is 0 Å². The number of benzene rings is 1. The Balaban J connectivity index is 2.15. The molecule has 1 heterocycles. The van der Waals surface area contributed by atoms with Crippen molar-refractivity contribution in [3.63, 3.8) is 0 Å². The van der Waals surface area contributed by atoms with Crippen molar-refractivity contribution >= 4 is 5.97 Å².